The van der Waals surface area contributed by atoms with E-state index in [4.69, 9.17) is 14.2 Å². The molecule has 0 radical (unpaired) electrons. The van der Waals surface area contributed by atoms with Gasteiger partial charge in [-0.15, -0.1) is 0 Å². The molecule has 0 aromatic heterocycles. The minimum absolute atomic E-state index is 0.0887. The van der Waals surface area contributed by atoms with Gasteiger partial charge in [-0.25, -0.2) is 0 Å². The Morgan fingerprint density at radius 3 is 2.41 bits per heavy atom. The molecule has 1 aliphatic rings. The molecule has 8 nitrogen and oxygen atoms in total. The number of unbranched alkanes of at least 4 members (excludes halogenated alkanes) is 2. The molecule has 2 aromatic rings. The van der Waals surface area contributed by atoms with Gasteiger partial charge in [-0.05, 0) is 68.1 Å². The number of ether oxygens (including phenoxy) is 3. The van der Waals surface area contributed by atoms with Gasteiger partial charge in [0.25, 0.3) is 0 Å². The van der Waals surface area contributed by atoms with Gasteiger partial charge in [-0.3, -0.25) is 9.59 Å². The molecule has 0 bridgehead atoms. The minimum atomic E-state index is -0.904. The molecule has 3 N–H and O–H groups in total. The molecule has 1 amide bonds. The van der Waals surface area contributed by atoms with Gasteiger partial charge in [0.15, 0.2) is 17.3 Å². The summed E-state index contributed by atoms with van der Waals surface area (Å²) in [6, 6.07) is 12.2. The molecule has 202 valence electrons. The van der Waals surface area contributed by atoms with Gasteiger partial charge in [-0.2, -0.15) is 0 Å². The van der Waals surface area contributed by atoms with Crippen molar-refractivity contribution in [2.75, 3.05) is 26.9 Å². The number of rotatable bonds is 15. The highest BCUT2D eigenvalue weighted by Crippen LogP contribution is 2.33. The van der Waals surface area contributed by atoms with Gasteiger partial charge >= 0.3 is 0 Å². The number of hydrogen-bond acceptors (Lipinski definition) is 7. The van der Waals surface area contributed by atoms with E-state index in [0.29, 0.717) is 61.6 Å². The summed E-state index contributed by atoms with van der Waals surface area (Å²) in [5.74, 6) is 1.96. The number of ketones is 1. The quantitative estimate of drug-likeness (QED) is 0.243. The molecule has 2 unspecified atom stereocenters. The fourth-order valence-electron chi connectivity index (χ4n) is 4.14. The molecule has 1 aliphatic heterocycles. The molecular formula is C29H40N2O6. The van der Waals surface area contributed by atoms with Crippen molar-refractivity contribution in [3.63, 3.8) is 0 Å². The number of carbonyl (C=O) groups excluding carboxylic acids is 2. The number of methoxy groups -OCH3 is 1. The lowest BCUT2D eigenvalue weighted by Gasteiger charge is -2.27. The molecule has 0 aliphatic carbocycles. The molecule has 0 saturated heterocycles. The highest BCUT2D eigenvalue weighted by molar-refractivity contribution is 5.96. The first kappa shape index (κ1) is 28.5. The Kier molecular flexibility index (Phi) is 11.2. The van der Waals surface area contributed by atoms with E-state index in [1.54, 1.807) is 49.6 Å². The fourth-order valence-corrected chi connectivity index (χ4v) is 4.14. The van der Waals surface area contributed by atoms with Crippen LogP contribution < -0.4 is 24.8 Å². The van der Waals surface area contributed by atoms with Gasteiger partial charge < -0.3 is 30.0 Å². The Morgan fingerprint density at radius 1 is 1.00 bits per heavy atom. The van der Waals surface area contributed by atoms with Crippen molar-refractivity contribution >= 4 is 11.7 Å². The standard InChI is InChI=1S/C29H40N2O6/c1-4-20(2)30-19-24(29(34)22-12-15-26-27(18-22)37-17-16-36-26)31-28(33)9-7-5-6-8-25(32)21-10-13-23(35-3)14-11-21/h10-15,18,20,24,29-30,34H,4-9,16-17,19H2,1-3H3,(H,31,33)/t20?,24-,29?/m1/s1. The van der Waals surface area contributed by atoms with Gasteiger partial charge in [0.05, 0.1) is 13.2 Å². The fraction of sp³-hybridized carbons (Fsp3) is 0.517. The van der Waals surface area contributed by atoms with Crippen LogP contribution >= 0.6 is 0 Å². The summed E-state index contributed by atoms with van der Waals surface area (Å²) in [6.45, 7) is 5.56. The third kappa shape index (κ3) is 8.76. The molecule has 37 heavy (non-hydrogen) atoms. The van der Waals surface area contributed by atoms with Crippen molar-refractivity contribution in [1.82, 2.24) is 10.6 Å². The first-order valence-electron chi connectivity index (χ1n) is 13.2. The summed E-state index contributed by atoms with van der Waals surface area (Å²) < 4.78 is 16.4. The third-order valence-corrected chi connectivity index (χ3v) is 6.65. The zero-order valence-electron chi connectivity index (χ0n) is 22.1. The van der Waals surface area contributed by atoms with Crippen LogP contribution in [0.2, 0.25) is 0 Å². The topological polar surface area (TPSA) is 106 Å². The Balaban J connectivity index is 1.48. The van der Waals surface area contributed by atoms with Crippen molar-refractivity contribution in [1.29, 1.82) is 0 Å². The van der Waals surface area contributed by atoms with Crippen molar-refractivity contribution in [3.8, 4) is 17.2 Å². The monoisotopic (exact) mass is 512 g/mol. The number of nitrogens with one attached hydrogen (secondary N) is 2. The molecule has 0 spiro atoms. The SMILES string of the molecule is CCC(C)NC[C@@H](NC(=O)CCCCCC(=O)c1ccc(OC)cc1)C(O)c1ccc2c(c1)OCCO2. The van der Waals surface area contributed by atoms with Crippen LogP contribution in [0.1, 0.15) is 74.4 Å². The number of Topliss-reactive ketones (excluding diaryl/α,β-unsaturated/α-hetero) is 1. The first-order chi connectivity index (χ1) is 17.9. The molecule has 0 fully saturated rings. The van der Waals surface area contributed by atoms with E-state index in [1.165, 1.54) is 0 Å². The number of hydrogen-bond donors (Lipinski definition) is 3. The van der Waals surface area contributed by atoms with Crippen molar-refractivity contribution < 1.29 is 28.9 Å². The van der Waals surface area contributed by atoms with Crippen LogP contribution in [0.3, 0.4) is 0 Å². The largest absolute Gasteiger partial charge is 0.497 e. The van der Waals surface area contributed by atoms with Crippen molar-refractivity contribution in [2.24, 2.45) is 0 Å². The zero-order valence-corrected chi connectivity index (χ0v) is 22.1. The van der Waals surface area contributed by atoms with E-state index in [-0.39, 0.29) is 17.7 Å². The van der Waals surface area contributed by atoms with Crippen LogP contribution in [0.4, 0.5) is 0 Å². The maximum atomic E-state index is 12.7. The summed E-state index contributed by atoms with van der Waals surface area (Å²) in [7, 11) is 1.59. The maximum absolute atomic E-state index is 12.7. The summed E-state index contributed by atoms with van der Waals surface area (Å²) in [6.07, 6.45) is 2.98. The van der Waals surface area contributed by atoms with E-state index in [1.807, 2.05) is 0 Å². The lowest BCUT2D eigenvalue weighted by molar-refractivity contribution is -0.122. The predicted molar refractivity (Wildman–Crippen MR) is 142 cm³/mol. The van der Waals surface area contributed by atoms with Gasteiger partial charge in [-0.1, -0.05) is 19.4 Å². The molecular weight excluding hydrogens is 472 g/mol. The van der Waals surface area contributed by atoms with E-state index in [0.717, 1.165) is 25.0 Å². The third-order valence-electron chi connectivity index (χ3n) is 6.65. The smallest absolute Gasteiger partial charge is 0.220 e. The molecule has 1 heterocycles. The summed E-state index contributed by atoms with van der Waals surface area (Å²) in [5, 5.41) is 17.5. The maximum Gasteiger partial charge on any atom is 0.220 e. The minimum Gasteiger partial charge on any atom is -0.497 e. The second-order valence-corrected chi connectivity index (χ2v) is 9.45. The Labute approximate surface area is 219 Å². The number of benzene rings is 2. The summed E-state index contributed by atoms with van der Waals surface area (Å²) in [4.78, 5) is 25.1. The van der Waals surface area contributed by atoms with E-state index < -0.39 is 12.1 Å². The number of aliphatic hydroxyl groups excluding tert-OH is 1. The van der Waals surface area contributed by atoms with Crippen molar-refractivity contribution in [2.45, 2.75) is 70.6 Å². The Hall–Kier alpha value is -3.10. The van der Waals surface area contributed by atoms with Crippen LogP contribution in [-0.2, 0) is 4.79 Å². The van der Waals surface area contributed by atoms with Gasteiger partial charge in [0.2, 0.25) is 5.91 Å². The van der Waals surface area contributed by atoms with Crippen LogP contribution in [0.15, 0.2) is 42.5 Å². The number of amides is 1. The molecule has 2 aromatic carbocycles. The number of fused-ring (bicyclic) bond motifs is 1. The van der Waals surface area contributed by atoms with E-state index >= 15 is 0 Å². The van der Waals surface area contributed by atoms with Crippen LogP contribution in [-0.4, -0.2) is 55.7 Å². The average molecular weight is 513 g/mol. The Bertz CT molecular complexity index is 1010. The molecule has 8 heteroatoms. The average Bonchev–Trinajstić information content (AvgIpc) is 2.94. The highest BCUT2D eigenvalue weighted by Gasteiger charge is 2.25. The van der Waals surface area contributed by atoms with Crippen LogP contribution in [0.5, 0.6) is 17.2 Å². The predicted octanol–water partition coefficient (Wildman–Crippen LogP) is 4.21. The zero-order chi connectivity index (χ0) is 26.6. The highest BCUT2D eigenvalue weighted by atomic mass is 16.6. The first-order valence-corrected chi connectivity index (χ1v) is 13.2. The summed E-state index contributed by atoms with van der Waals surface area (Å²) >= 11 is 0. The second kappa shape index (κ2) is 14.6. The second-order valence-electron chi connectivity index (χ2n) is 9.45. The lowest BCUT2D eigenvalue weighted by atomic mass is 10.00. The Morgan fingerprint density at radius 2 is 1.70 bits per heavy atom. The van der Waals surface area contributed by atoms with Gasteiger partial charge in [0.1, 0.15) is 25.1 Å². The normalized spacial score (nSPS) is 14.9. The van der Waals surface area contributed by atoms with Crippen LogP contribution in [0, 0.1) is 0 Å². The van der Waals surface area contributed by atoms with Gasteiger partial charge in [0, 0.05) is 31.0 Å². The van der Waals surface area contributed by atoms with Crippen LogP contribution in [0.25, 0.3) is 0 Å². The van der Waals surface area contributed by atoms with E-state index in [2.05, 4.69) is 24.5 Å². The summed E-state index contributed by atoms with van der Waals surface area (Å²) in [5.41, 5.74) is 1.33. The molecule has 0 saturated carbocycles. The molecule has 3 atom stereocenters. The lowest BCUT2D eigenvalue weighted by Crippen LogP contribution is -2.47. The molecule has 3 rings (SSSR count). The number of aliphatic hydroxyl groups is 1. The van der Waals surface area contributed by atoms with Crippen molar-refractivity contribution in [3.05, 3.63) is 53.6 Å². The number of carbonyl (C=O) groups is 2. The van der Waals surface area contributed by atoms with E-state index in [9.17, 15) is 14.7 Å².